The molecule has 0 spiro atoms. The van der Waals surface area contributed by atoms with Crippen LogP contribution in [0.15, 0.2) is 46.3 Å². The van der Waals surface area contributed by atoms with Gasteiger partial charge in [-0.1, -0.05) is 35.0 Å². The summed E-state index contributed by atoms with van der Waals surface area (Å²) in [6.07, 6.45) is 0. The molecule has 1 amide bonds. The van der Waals surface area contributed by atoms with Gasteiger partial charge < -0.3 is 10.1 Å². The third-order valence-corrected chi connectivity index (χ3v) is 5.22. The minimum atomic E-state index is -0.251. The van der Waals surface area contributed by atoms with E-state index in [2.05, 4.69) is 10.3 Å². The molecular formula is C19H18ClN3O3S. The fraction of sp³-hybridized carbons (Fsp3) is 0.211. The molecule has 0 saturated carbocycles. The number of aromatic nitrogens is 2. The van der Waals surface area contributed by atoms with Crippen molar-refractivity contribution in [2.75, 3.05) is 18.2 Å². The predicted octanol–water partition coefficient (Wildman–Crippen LogP) is 3.63. The number of methoxy groups -OCH3 is 1. The lowest BCUT2D eigenvalue weighted by Gasteiger charge is -2.11. The number of hydrogen-bond donors (Lipinski definition) is 1. The Morgan fingerprint density at radius 1 is 1.30 bits per heavy atom. The van der Waals surface area contributed by atoms with Crippen molar-refractivity contribution < 1.29 is 9.53 Å². The molecule has 0 fully saturated rings. The average Bonchev–Trinajstić information content (AvgIpc) is 2.64. The molecule has 1 aromatic heterocycles. The van der Waals surface area contributed by atoms with Gasteiger partial charge in [-0.05, 0) is 37.3 Å². The number of aryl methyl sites for hydroxylation is 1. The number of hydrogen-bond acceptors (Lipinski definition) is 5. The minimum absolute atomic E-state index is 0.0906. The molecule has 0 aliphatic rings. The summed E-state index contributed by atoms with van der Waals surface area (Å²) in [5.41, 5.74) is 1.97. The van der Waals surface area contributed by atoms with E-state index in [-0.39, 0.29) is 17.2 Å². The van der Waals surface area contributed by atoms with Crippen LogP contribution in [0, 0.1) is 6.92 Å². The Balaban J connectivity index is 1.78. The zero-order valence-corrected chi connectivity index (χ0v) is 16.6. The van der Waals surface area contributed by atoms with Gasteiger partial charge >= 0.3 is 0 Å². The van der Waals surface area contributed by atoms with E-state index in [9.17, 15) is 9.59 Å². The number of fused-ring (bicyclic) bond motifs is 1. The smallest absolute Gasteiger partial charge is 0.261 e. The zero-order chi connectivity index (χ0) is 19.6. The summed E-state index contributed by atoms with van der Waals surface area (Å²) in [5.74, 6) is 0.357. The number of nitrogens with zero attached hydrogens (tertiary/aromatic N) is 2. The lowest BCUT2D eigenvalue weighted by Crippen LogP contribution is -2.21. The second-order valence-corrected chi connectivity index (χ2v) is 7.34. The SMILES string of the molecule is COc1ccc(Cl)cc1NC(=O)CSc1nc2ccc(C)cc2c(=O)n1C. The number of ether oxygens (including phenoxy) is 1. The maximum atomic E-state index is 12.5. The third kappa shape index (κ3) is 4.26. The van der Waals surface area contributed by atoms with Gasteiger partial charge in [0.25, 0.3) is 5.56 Å². The van der Waals surface area contributed by atoms with E-state index < -0.39 is 0 Å². The number of rotatable bonds is 5. The van der Waals surface area contributed by atoms with Gasteiger partial charge in [0.15, 0.2) is 5.16 Å². The van der Waals surface area contributed by atoms with Crippen LogP contribution in [0.4, 0.5) is 5.69 Å². The van der Waals surface area contributed by atoms with Gasteiger partial charge in [0.05, 0.1) is 29.5 Å². The first kappa shape index (κ1) is 19.3. The fourth-order valence-electron chi connectivity index (χ4n) is 2.59. The second kappa shape index (κ2) is 8.02. The van der Waals surface area contributed by atoms with Gasteiger partial charge in [0.1, 0.15) is 5.75 Å². The van der Waals surface area contributed by atoms with E-state index in [1.807, 2.05) is 25.1 Å². The van der Waals surface area contributed by atoms with Crippen LogP contribution in [-0.2, 0) is 11.8 Å². The lowest BCUT2D eigenvalue weighted by molar-refractivity contribution is -0.113. The number of amides is 1. The summed E-state index contributed by atoms with van der Waals surface area (Å²) in [6, 6.07) is 10.5. The van der Waals surface area contributed by atoms with Crippen LogP contribution in [0.2, 0.25) is 5.02 Å². The molecular weight excluding hydrogens is 386 g/mol. The number of carbonyl (C=O) groups excluding carboxylic acids is 1. The monoisotopic (exact) mass is 403 g/mol. The molecule has 3 aromatic rings. The van der Waals surface area contributed by atoms with Gasteiger partial charge in [-0.3, -0.25) is 14.2 Å². The number of nitrogens with one attached hydrogen (secondary N) is 1. The Labute approximate surface area is 165 Å². The van der Waals surface area contributed by atoms with E-state index in [4.69, 9.17) is 16.3 Å². The standard InChI is InChI=1S/C19H18ClN3O3S/c1-11-4-6-14-13(8-11)18(25)23(2)19(22-14)27-10-17(24)21-15-9-12(20)5-7-16(15)26-3/h4-9H,10H2,1-3H3,(H,21,24). The maximum Gasteiger partial charge on any atom is 0.261 e. The van der Waals surface area contributed by atoms with Crippen molar-refractivity contribution in [2.24, 2.45) is 7.05 Å². The van der Waals surface area contributed by atoms with E-state index in [0.29, 0.717) is 32.5 Å². The van der Waals surface area contributed by atoms with Gasteiger partial charge in [-0.15, -0.1) is 0 Å². The molecule has 0 saturated heterocycles. The van der Waals surface area contributed by atoms with E-state index in [0.717, 1.165) is 5.56 Å². The molecule has 0 aliphatic carbocycles. The molecule has 27 heavy (non-hydrogen) atoms. The van der Waals surface area contributed by atoms with E-state index in [1.54, 1.807) is 25.2 Å². The van der Waals surface area contributed by atoms with Crippen molar-refractivity contribution in [3.63, 3.8) is 0 Å². The molecule has 6 nitrogen and oxygen atoms in total. The molecule has 0 unspecified atom stereocenters. The molecule has 0 radical (unpaired) electrons. The highest BCUT2D eigenvalue weighted by molar-refractivity contribution is 7.99. The topological polar surface area (TPSA) is 73.2 Å². The Kier molecular flexibility index (Phi) is 5.72. The van der Waals surface area contributed by atoms with Crippen molar-refractivity contribution in [3.8, 4) is 5.75 Å². The Morgan fingerprint density at radius 3 is 2.81 bits per heavy atom. The maximum absolute atomic E-state index is 12.5. The van der Waals surface area contributed by atoms with Crippen molar-refractivity contribution >= 4 is 45.9 Å². The summed E-state index contributed by atoms with van der Waals surface area (Å²) >= 11 is 7.17. The molecule has 140 valence electrons. The van der Waals surface area contributed by atoms with Crippen molar-refractivity contribution in [3.05, 3.63) is 57.3 Å². The van der Waals surface area contributed by atoms with Crippen molar-refractivity contribution in [2.45, 2.75) is 12.1 Å². The quantitative estimate of drug-likeness (QED) is 0.520. The van der Waals surface area contributed by atoms with Crippen LogP contribution in [0.5, 0.6) is 5.75 Å². The number of anilines is 1. The highest BCUT2D eigenvalue weighted by Gasteiger charge is 2.13. The molecule has 3 rings (SSSR count). The molecule has 1 N–H and O–H groups in total. The number of benzene rings is 2. The first-order chi connectivity index (χ1) is 12.9. The molecule has 0 atom stereocenters. The molecule has 8 heteroatoms. The number of carbonyl (C=O) groups is 1. The number of halogens is 1. The van der Waals surface area contributed by atoms with Crippen molar-refractivity contribution in [1.82, 2.24) is 9.55 Å². The Bertz CT molecular complexity index is 1080. The van der Waals surface area contributed by atoms with Crippen LogP contribution < -0.4 is 15.6 Å². The van der Waals surface area contributed by atoms with E-state index >= 15 is 0 Å². The first-order valence-corrected chi connectivity index (χ1v) is 9.49. The predicted molar refractivity (Wildman–Crippen MR) is 109 cm³/mol. The minimum Gasteiger partial charge on any atom is -0.495 e. The summed E-state index contributed by atoms with van der Waals surface area (Å²) in [4.78, 5) is 29.4. The highest BCUT2D eigenvalue weighted by atomic mass is 35.5. The second-order valence-electron chi connectivity index (χ2n) is 5.96. The van der Waals surface area contributed by atoms with Crippen molar-refractivity contribution in [1.29, 1.82) is 0 Å². The molecule has 0 aliphatic heterocycles. The van der Waals surface area contributed by atoms with Gasteiger partial charge in [0.2, 0.25) is 5.91 Å². The Morgan fingerprint density at radius 2 is 2.07 bits per heavy atom. The summed E-state index contributed by atoms with van der Waals surface area (Å²) in [6.45, 7) is 1.93. The summed E-state index contributed by atoms with van der Waals surface area (Å²) in [5, 5.41) is 4.30. The normalized spacial score (nSPS) is 10.8. The molecule has 2 aromatic carbocycles. The summed E-state index contributed by atoms with van der Waals surface area (Å²) < 4.78 is 6.68. The first-order valence-electron chi connectivity index (χ1n) is 8.12. The third-order valence-electron chi connectivity index (χ3n) is 3.96. The highest BCUT2D eigenvalue weighted by Crippen LogP contribution is 2.28. The largest absolute Gasteiger partial charge is 0.495 e. The van der Waals surface area contributed by atoms with E-state index in [1.165, 1.54) is 23.4 Å². The van der Waals surface area contributed by atoms with Gasteiger partial charge in [-0.25, -0.2) is 4.98 Å². The average molecular weight is 404 g/mol. The van der Waals surface area contributed by atoms with Crippen LogP contribution in [0.25, 0.3) is 10.9 Å². The van der Waals surface area contributed by atoms with Crippen LogP contribution in [-0.4, -0.2) is 28.3 Å². The fourth-order valence-corrected chi connectivity index (χ4v) is 3.53. The van der Waals surface area contributed by atoms with Crippen LogP contribution in [0.3, 0.4) is 0 Å². The molecule has 1 heterocycles. The Hall–Kier alpha value is -2.51. The zero-order valence-electron chi connectivity index (χ0n) is 15.1. The lowest BCUT2D eigenvalue weighted by atomic mass is 10.2. The molecule has 0 bridgehead atoms. The number of thioether (sulfide) groups is 1. The summed E-state index contributed by atoms with van der Waals surface area (Å²) in [7, 11) is 3.17. The van der Waals surface area contributed by atoms with Gasteiger partial charge in [0, 0.05) is 12.1 Å². The van der Waals surface area contributed by atoms with Gasteiger partial charge in [-0.2, -0.15) is 0 Å². The van der Waals surface area contributed by atoms with Crippen LogP contribution in [0.1, 0.15) is 5.56 Å². The van der Waals surface area contributed by atoms with Crippen LogP contribution >= 0.6 is 23.4 Å².